The molecule has 1 aliphatic rings. The molecule has 6 heteroatoms. The van der Waals surface area contributed by atoms with Crippen molar-refractivity contribution in [3.8, 4) is 11.5 Å². The van der Waals surface area contributed by atoms with Crippen molar-refractivity contribution >= 4 is 17.4 Å². The Morgan fingerprint density at radius 1 is 1.00 bits per heavy atom. The van der Waals surface area contributed by atoms with E-state index in [4.69, 9.17) is 9.47 Å². The normalized spacial score (nSPS) is 13.8. The number of hydrogen-bond donors (Lipinski definition) is 2. The van der Waals surface area contributed by atoms with Gasteiger partial charge in [0.25, 0.3) is 0 Å². The minimum atomic E-state index is -1.17. The number of carbonyl (C=O) groups excluding carboxylic acids is 1. The largest absolute Gasteiger partial charge is 0.496 e. The molecule has 164 valence electrons. The van der Waals surface area contributed by atoms with E-state index >= 15 is 0 Å². The third-order valence-corrected chi connectivity index (χ3v) is 5.76. The van der Waals surface area contributed by atoms with Gasteiger partial charge in [0.05, 0.1) is 12.7 Å². The van der Waals surface area contributed by atoms with Crippen LogP contribution in [0.5, 0.6) is 11.5 Å². The van der Waals surface area contributed by atoms with Crippen LogP contribution in [0.2, 0.25) is 0 Å². The fraction of sp³-hybridized carbons (Fsp3) is 0.231. The van der Waals surface area contributed by atoms with Crippen LogP contribution < -0.4 is 14.8 Å². The summed E-state index contributed by atoms with van der Waals surface area (Å²) in [5.41, 5.74) is 2.77. The first-order valence-electron chi connectivity index (χ1n) is 10.4. The monoisotopic (exact) mass is 431 g/mol. The van der Waals surface area contributed by atoms with Gasteiger partial charge < -0.3 is 19.9 Å². The fourth-order valence-electron chi connectivity index (χ4n) is 4.12. The Balaban J connectivity index is 1.56. The van der Waals surface area contributed by atoms with Crippen LogP contribution in [0, 0.1) is 6.92 Å². The zero-order valence-corrected chi connectivity index (χ0v) is 18.1. The lowest BCUT2D eigenvalue weighted by atomic mass is 9.95. The number of anilines is 1. The van der Waals surface area contributed by atoms with Gasteiger partial charge in [0, 0.05) is 18.5 Å². The van der Waals surface area contributed by atoms with Crippen LogP contribution in [-0.2, 0) is 17.6 Å². The summed E-state index contributed by atoms with van der Waals surface area (Å²) in [5.74, 6) is -0.168. The molecular formula is C26H25NO5. The number of methoxy groups -OCH3 is 1. The van der Waals surface area contributed by atoms with E-state index in [1.165, 1.54) is 7.11 Å². The van der Waals surface area contributed by atoms with Crippen molar-refractivity contribution in [2.45, 2.75) is 25.3 Å². The highest BCUT2D eigenvalue weighted by molar-refractivity contribution is 6.01. The summed E-state index contributed by atoms with van der Waals surface area (Å²) in [6.07, 6.45) is 0.731. The van der Waals surface area contributed by atoms with Crippen LogP contribution in [-0.4, -0.2) is 36.1 Å². The van der Waals surface area contributed by atoms with E-state index in [0.29, 0.717) is 35.6 Å². The average Bonchev–Trinajstić information content (AvgIpc) is 3.17. The van der Waals surface area contributed by atoms with Crippen molar-refractivity contribution in [2.24, 2.45) is 0 Å². The van der Waals surface area contributed by atoms with Crippen molar-refractivity contribution < 1.29 is 24.2 Å². The molecule has 0 heterocycles. The zero-order chi connectivity index (χ0) is 22.7. The fourth-order valence-corrected chi connectivity index (χ4v) is 4.12. The number of carboxylic acids is 1. The van der Waals surface area contributed by atoms with E-state index < -0.39 is 11.5 Å². The highest BCUT2D eigenvalue weighted by atomic mass is 16.5. The van der Waals surface area contributed by atoms with E-state index in [1.54, 1.807) is 24.3 Å². The highest BCUT2D eigenvalue weighted by Gasteiger charge is 2.44. The number of carboxylic acid groups (broad SMARTS) is 1. The molecule has 0 aromatic heterocycles. The Kier molecular flexibility index (Phi) is 5.86. The van der Waals surface area contributed by atoms with Crippen LogP contribution in [0.1, 0.15) is 27.0 Å². The molecule has 6 nitrogen and oxygen atoms in total. The predicted molar refractivity (Wildman–Crippen MR) is 122 cm³/mol. The van der Waals surface area contributed by atoms with Crippen LogP contribution in [0.3, 0.4) is 0 Å². The molecule has 3 aromatic carbocycles. The summed E-state index contributed by atoms with van der Waals surface area (Å²) in [5, 5.41) is 13.2. The topological polar surface area (TPSA) is 84.9 Å². The number of ether oxygens (including phenoxy) is 2. The first-order valence-corrected chi connectivity index (χ1v) is 10.4. The lowest BCUT2D eigenvalue weighted by Crippen LogP contribution is -2.47. The van der Waals surface area contributed by atoms with Gasteiger partial charge in [-0.25, -0.2) is 4.79 Å². The molecule has 0 aliphatic heterocycles. The van der Waals surface area contributed by atoms with Crippen molar-refractivity contribution in [1.82, 2.24) is 0 Å². The number of nitrogens with one attached hydrogen (secondary N) is 1. The minimum absolute atomic E-state index is 0.154. The maximum atomic E-state index is 12.9. The average molecular weight is 431 g/mol. The molecule has 0 saturated carbocycles. The predicted octanol–water partition coefficient (Wildman–Crippen LogP) is 4.30. The smallest absolute Gasteiger partial charge is 0.330 e. The molecule has 32 heavy (non-hydrogen) atoms. The number of Topliss-reactive ketones (excluding diaryl/α,β-unsaturated/α-hetero) is 1. The Morgan fingerprint density at radius 2 is 1.72 bits per heavy atom. The van der Waals surface area contributed by atoms with Crippen molar-refractivity contribution in [3.63, 3.8) is 0 Å². The molecule has 3 aromatic rings. The number of ketones is 1. The van der Waals surface area contributed by atoms with Gasteiger partial charge in [0.1, 0.15) is 17.0 Å². The number of carbonyl (C=O) groups is 2. The Bertz CT molecular complexity index is 1150. The van der Waals surface area contributed by atoms with Gasteiger partial charge in [-0.05, 0) is 53.9 Å². The summed E-state index contributed by atoms with van der Waals surface area (Å²) in [4.78, 5) is 25.2. The molecule has 0 saturated heterocycles. The van der Waals surface area contributed by atoms with Gasteiger partial charge >= 0.3 is 5.97 Å². The highest BCUT2D eigenvalue weighted by Crippen LogP contribution is 2.34. The van der Waals surface area contributed by atoms with Crippen LogP contribution in [0.15, 0.2) is 66.7 Å². The molecule has 0 atom stereocenters. The molecule has 0 bridgehead atoms. The zero-order valence-electron chi connectivity index (χ0n) is 18.1. The number of aryl methyl sites for hydroxylation is 1. The second-order valence-corrected chi connectivity index (χ2v) is 8.08. The summed E-state index contributed by atoms with van der Waals surface area (Å²) < 4.78 is 11.0. The number of benzene rings is 3. The Morgan fingerprint density at radius 3 is 2.34 bits per heavy atom. The molecule has 0 amide bonds. The van der Waals surface area contributed by atoms with E-state index in [2.05, 4.69) is 5.32 Å². The summed E-state index contributed by atoms with van der Waals surface area (Å²) in [6.45, 7) is 1.80. The Hall–Kier alpha value is -3.80. The maximum Gasteiger partial charge on any atom is 0.330 e. The molecule has 2 N–H and O–H groups in total. The van der Waals surface area contributed by atoms with E-state index in [9.17, 15) is 14.7 Å². The van der Waals surface area contributed by atoms with E-state index in [1.807, 2.05) is 49.4 Å². The van der Waals surface area contributed by atoms with Crippen LogP contribution in [0.4, 0.5) is 5.69 Å². The van der Waals surface area contributed by atoms with Gasteiger partial charge in [-0.3, -0.25) is 4.79 Å². The second-order valence-electron chi connectivity index (χ2n) is 8.08. The molecule has 0 spiro atoms. The number of hydrogen-bond acceptors (Lipinski definition) is 5. The first kappa shape index (κ1) is 21.4. The molecule has 1 aliphatic carbocycles. The minimum Gasteiger partial charge on any atom is -0.496 e. The molecular weight excluding hydrogens is 406 g/mol. The standard InChI is InChI=1S/C26H25NO5/c1-17-6-5-9-21(12-17)32-16-23(28)22-13-20(10-11-24(22)31-2)27-26(25(29)30)14-18-7-3-4-8-19(18)15-26/h3-13,27H,14-16H2,1-2H3,(H,29,30). The maximum absolute atomic E-state index is 12.9. The summed E-state index contributed by atoms with van der Waals surface area (Å²) in [6, 6.07) is 20.2. The van der Waals surface area contributed by atoms with E-state index in [0.717, 1.165) is 16.7 Å². The van der Waals surface area contributed by atoms with E-state index in [-0.39, 0.29) is 12.4 Å². The van der Waals surface area contributed by atoms with Gasteiger partial charge in [-0.1, -0.05) is 36.4 Å². The van der Waals surface area contributed by atoms with Crippen molar-refractivity contribution in [2.75, 3.05) is 19.0 Å². The molecule has 0 radical (unpaired) electrons. The lowest BCUT2D eigenvalue weighted by Gasteiger charge is -2.27. The van der Waals surface area contributed by atoms with Crippen molar-refractivity contribution in [1.29, 1.82) is 0 Å². The second kappa shape index (κ2) is 8.75. The lowest BCUT2D eigenvalue weighted by molar-refractivity contribution is -0.142. The summed E-state index contributed by atoms with van der Waals surface area (Å²) in [7, 11) is 1.49. The van der Waals surface area contributed by atoms with Gasteiger partial charge in [-0.15, -0.1) is 0 Å². The first-order chi connectivity index (χ1) is 15.4. The number of aliphatic carboxylic acids is 1. The molecule has 4 rings (SSSR count). The SMILES string of the molecule is COc1ccc(NC2(C(=O)O)Cc3ccccc3C2)cc1C(=O)COc1cccc(C)c1. The van der Waals surface area contributed by atoms with Gasteiger partial charge in [0.15, 0.2) is 6.61 Å². The summed E-state index contributed by atoms with van der Waals surface area (Å²) >= 11 is 0. The Labute approximate surface area is 186 Å². The van der Waals surface area contributed by atoms with Crippen LogP contribution in [0.25, 0.3) is 0 Å². The van der Waals surface area contributed by atoms with Gasteiger partial charge in [-0.2, -0.15) is 0 Å². The quantitative estimate of drug-likeness (QED) is 0.518. The third kappa shape index (κ3) is 4.30. The number of fused-ring (bicyclic) bond motifs is 1. The third-order valence-electron chi connectivity index (χ3n) is 5.76. The van der Waals surface area contributed by atoms with Gasteiger partial charge in [0.2, 0.25) is 5.78 Å². The van der Waals surface area contributed by atoms with Crippen molar-refractivity contribution in [3.05, 3.63) is 89.0 Å². The van der Waals surface area contributed by atoms with Crippen LogP contribution >= 0.6 is 0 Å². The molecule has 0 unspecified atom stereocenters. The number of rotatable bonds is 8. The molecule has 0 fully saturated rings.